The summed E-state index contributed by atoms with van der Waals surface area (Å²) in [5.74, 6) is 1.89. The lowest BCUT2D eigenvalue weighted by Crippen LogP contribution is -2.40. The zero-order chi connectivity index (χ0) is 20.1. The van der Waals surface area contributed by atoms with E-state index in [2.05, 4.69) is 17.2 Å². The Morgan fingerprint density at radius 3 is 2.36 bits per heavy atom. The molecule has 6 nitrogen and oxygen atoms in total. The van der Waals surface area contributed by atoms with Crippen LogP contribution in [-0.4, -0.2) is 42.3 Å². The van der Waals surface area contributed by atoms with E-state index in [1.54, 1.807) is 12.1 Å². The normalized spacial score (nSPS) is 12.3. The number of ether oxygens (including phenoxy) is 1. The number of carbonyl (C=O) groups is 3. The molecule has 0 bridgehead atoms. The Bertz CT molecular complexity index is 976. The summed E-state index contributed by atoms with van der Waals surface area (Å²) in [7, 11) is 0. The second-order valence-electron chi connectivity index (χ2n) is 5.74. The van der Waals surface area contributed by atoms with E-state index in [0.717, 1.165) is 17.0 Å². The molecule has 142 valence electrons. The lowest BCUT2D eigenvalue weighted by Gasteiger charge is -2.12. The highest BCUT2D eigenvalue weighted by Gasteiger charge is 2.36. The Morgan fingerprint density at radius 1 is 1.04 bits per heavy atom. The molecular formula is C20H14F2N2O4. The maximum absolute atomic E-state index is 13.4. The van der Waals surface area contributed by atoms with Gasteiger partial charge in [-0.3, -0.25) is 19.3 Å². The number of imide groups is 1. The number of benzene rings is 2. The van der Waals surface area contributed by atoms with E-state index in [0.29, 0.717) is 6.07 Å². The molecule has 0 fully saturated rings. The molecule has 0 unspecified atom stereocenters. The van der Waals surface area contributed by atoms with Gasteiger partial charge in [0, 0.05) is 6.07 Å². The van der Waals surface area contributed by atoms with Crippen LogP contribution in [0.5, 0.6) is 5.75 Å². The van der Waals surface area contributed by atoms with Crippen LogP contribution < -0.4 is 10.1 Å². The monoisotopic (exact) mass is 384 g/mol. The fourth-order valence-corrected chi connectivity index (χ4v) is 2.54. The molecule has 28 heavy (non-hydrogen) atoms. The number of halogens is 2. The van der Waals surface area contributed by atoms with Gasteiger partial charge in [0.15, 0.2) is 11.6 Å². The van der Waals surface area contributed by atoms with Crippen molar-refractivity contribution in [1.29, 1.82) is 0 Å². The van der Waals surface area contributed by atoms with Gasteiger partial charge < -0.3 is 10.1 Å². The Kier molecular flexibility index (Phi) is 5.65. The molecule has 1 aliphatic heterocycles. The maximum Gasteiger partial charge on any atom is 0.262 e. The van der Waals surface area contributed by atoms with Crippen LogP contribution >= 0.6 is 0 Å². The molecule has 2 aromatic carbocycles. The summed E-state index contributed by atoms with van der Waals surface area (Å²) in [6, 6.07) is 9.25. The van der Waals surface area contributed by atoms with Gasteiger partial charge in [-0.25, -0.2) is 8.78 Å². The summed E-state index contributed by atoms with van der Waals surface area (Å²) in [5.41, 5.74) is 0.538. The number of rotatable bonds is 5. The topological polar surface area (TPSA) is 75.7 Å². The van der Waals surface area contributed by atoms with Crippen LogP contribution in [-0.2, 0) is 4.79 Å². The zero-order valence-electron chi connectivity index (χ0n) is 14.5. The predicted molar refractivity (Wildman–Crippen MR) is 94.4 cm³/mol. The molecule has 0 atom stereocenters. The van der Waals surface area contributed by atoms with E-state index in [-0.39, 0.29) is 30.0 Å². The third-order valence-corrected chi connectivity index (χ3v) is 3.87. The Balaban J connectivity index is 1.44. The van der Waals surface area contributed by atoms with Crippen molar-refractivity contribution >= 4 is 17.7 Å². The number of hydrogen-bond acceptors (Lipinski definition) is 4. The molecule has 0 saturated heterocycles. The van der Waals surface area contributed by atoms with Crippen molar-refractivity contribution in [3.8, 4) is 17.6 Å². The summed E-state index contributed by atoms with van der Waals surface area (Å²) < 4.78 is 31.2. The van der Waals surface area contributed by atoms with Crippen molar-refractivity contribution < 1.29 is 27.9 Å². The van der Waals surface area contributed by atoms with E-state index in [1.165, 1.54) is 12.1 Å². The van der Waals surface area contributed by atoms with Gasteiger partial charge in [-0.05, 0) is 24.3 Å². The van der Waals surface area contributed by atoms with E-state index >= 15 is 0 Å². The fourth-order valence-electron chi connectivity index (χ4n) is 2.54. The molecule has 3 amide bonds. The number of nitrogens with one attached hydrogen (secondary N) is 1. The van der Waals surface area contributed by atoms with Crippen molar-refractivity contribution in [3.05, 3.63) is 65.2 Å². The molecule has 1 aliphatic rings. The largest absolute Gasteiger partial charge is 0.478 e. The number of nitrogens with zero attached hydrogens (tertiary/aromatic N) is 1. The summed E-state index contributed by atoms with van der Waals surface area (Å²) in [6.07, 6.45) is 0. The van der Waals surface area contributed by atoms with Crippen LogP contribution in [0.4, 0.5) is 8.78 Å². The molecule has 0 aromatic heterocycles. The average molecular weight is 384 g/mol. The van der Waals surface area contributed by atoms with Gasteiger partial charge in [0.05, 0.1) is 17.7 Å². The first-order valence-corrected chi connectivity index (χ1v) is 8.23. The molecular weight excluding hydrogens is 370 g/mol. The fraction of sp³-hybridized carbons (Fsp3) is 0.150. The van der Waals surface area contributed by atoms with Crippen molar-refractivity contribution in [2.24, 2.45) is 0 Å². The van der Waals surface area contributed by atoms with Crippen LogP contribution in [0, 0.1) is 23.5 Å². The third-order valence-electron chi connectivity index (χ3n) is 3.87. The van der Waals surface area contributed by atoms with Crippen LogP contribution in [0.2, 0.25) is 0 Å². The molecule has 2 aromatic rings. The van der Waals surface area contributed by atoms with Crippen LogP contribution in [0.15, 0.2) is 42.5 Å². The van der Waals surface area contributed by atoms with E-state index in [4.69, 9.17) is 4.74 Å². The number of amides is 3. The highest BCUT2D eigenvalue weighted by molar-refractivity contribution is 6.22. The van der Waals surface area contributed by atoms with Crippen LogP contribution in [0.3, 0.4) is 0 Å². The molecule has 8 heteroatoms. The standard InChI is InChI=1S/C20H14F2N2O4/c21-13-7-8-17(16(22)11-13)28-10-4-3-9-23-18(25)12-24-19(26)14-5-1-2-6-15(14)20(24)27/h1-2,5-8,11H,9-10,12H2,(H,23,25). The Labute approximate surface area is 159 Å². The SMILES string of the molecule is O=C(CN1C(=O)c2ccccc2C1=O)NCC#CCOc1ccc(F)cc1F. The maximum atomic E-state index is 13.4. The van der Waals surface area contributed by atoms with Crippen molar-refractivity contribution in [2.75, 3.05) is 19.7 Å². The molecule has 1 heterocycles. The first-order chi connectivity index (χ1) is 13.5. The Morgan fingerprint density at radius 2 is 1.71 bits per heavy atom. The van der Waals surface area contributed by atoms with Gasteiger partial charge in [0.2, 0.25) is 5.91 Å². The number of hydrogen-bond donors (Lipinski definition) is 1. The lowest BCUT2D eigenvalue weighted by atomic mass is 10.1. The second-order valence-corrected chi connectivity index (χ2v) is 5.74. The summed E-state index contributed by atoms with van der Waals surface area (Å²) in [5, 5.41) is 2.46. The quantitative estimate of drug-likeness (QED) is 0.630. The van der Waals surface area contributed by atoms with E-state index < -0.39 is 35.9 Å². The molecule has 0 radical (unpaired) electrons. The summed E-state index contributed by atoms with van der Waals surface area (Å²) in [6.45, 7) is -0.612. The van der Waals surface area contributed by atoms with Crippen molar-refractivity contribution in [3.63, 3.8) is 0 Å². The van der Waals surface area contributed by atoms with Gasteiger partial charge in [-0.1, -0.05) is 24.0 Å². The first-order valence-electron chi connectivity index (χ1n) is 8.23. The third kappa shape index (κ3) is 4.15. The zero-order valence-corrected chi connectivity index (χ0v) is 14.5. The van der Waals surface area contributed by atoms with Gasteiger partial charge in [-0.2, -0.15) is 0 Å². The minimum atomic E-state index is -0.837. The van der Waals surface area contributed by atoms with Crippen LogP contribution in [0.1, 0.15) is 20.7 Å². The van der Waals surface area contributed by atoms with Gasteiger partial charge in [-0.15, -0.1) is 0 Å². The molecule has 0 saturated carbocycles. The van der Waals surface area contributed by atoms with Crippen LogP contribution in [0.25, 0.3) is 0 Å². The highest BCUT2D eigenvalue weighted by Crippen LogP contribution is 2.21. The molecule has 1 N–H and O–H groups in total. The molecule has 0 spiro atoms. The minimum absolute atomic E-state index is 0.0444. The van der Waals surface area contributed by atoms with Crippen molar-refractivity contribution in [2.45, 2.75) is 0 Å². The predicted octanol–water partition coefficient (Wildman–Crippen LogP) is 1.76. The second kappa shape index (κ2) is 8.31. The van der Waals surface area contributed by atoms with Gasteiger partial charge >= 0.3 is 0 Å². The van der Waals surface area contributed by atoms with E-state index in [9.17, 15) is 23.2 Å². The smallest absolute Gasteiger partial charge is 0.262 e. The van der Waals surface area contributed by atoms with E-state index in [1.807, 2.05) is 0 Å². The number of carbonyl (C=O) groups excluding carboxylic acids is 3. The first kappa shape index (κ1) is 19.0. The lowest BCUT2D eigenvalue weighted by molar-refractivity contribution is -0.121. The molecule has 3 rings (SSSR count). The average Bonchev–Trinajstić information content (AvgIpc) is 2.91. The summed E-state index contributed by atoms with van der Waals surface area (Å²) >= 11 is 0. The summed E-state index contributed by atoms with van der Waals surface area (Å²) in [4.78, 5) is 37.1. The molecule has 0 aliphatic carbocycles. The highest BCUT2D eigenvalue weighted by atomic mass is 19.1. The van der Waals surface area contributed by atoms with Crippen molar-refractivity contribution in [1.82, 2.24) is 10.2 Å². The van der Waals surface area contributed by atoms with Gasteiger partial charge in [0.1, 0.15) is 19.0 Å². The Hall–Kier alpha value is -3.73. The number of fused-ring (bicyclic) bond motifs is 1. The minimum Gasteiger partial charge on any atom is -0.478 e. The van der Waals surface area contributed by atoms with Gasteiger partial charge in [0.25, 0.3) is 11.8 Å².